The molecule has 2 aromatic heterocycles. The Hall–Kier alpha value is -1.25. The van der Waals surface area contributed by atoms with Crippen LogP contribution >= 0.6 is 23.4 Å². The van der Waals surface area contributed by atoms with Gasteiger partial charge in [-0.15, -0.1) is 0 Å². The molecular formula is C18H20ClF3N5NaO3S2. The first-order chi connectivity index (χ1) is 14.8. The molecule has 15 heteroatoms. The summed E-state index contributed by atoms with van der Waals surface area (Å²) in [6, 6.07) is -0.211. The third kappa shape index (κ3) is 8.80. The fourth-order valence-corrected chi connectivity index (χ4v) is 4.31. The van der Waals surface area contributed by atoms with Crippen LogP contribution in [0, 0.1) is 6.92 Å². The summed E-state index contributed by atoms with van der Waals surface area (Å²) in [4.78, 5) is 15.4. The van der Waals surface area contributed by atoms with Crippen LogP contribution in [-0.4, -0.2) is 35.8 Å². The van der Waals surface area contributed by atoms with E-state index in [2.05, 4.69) is 20.1 Å². The van der Waals surface area contributed by atoms with Gasteiger partial charge >= 0.3 is 35.7 Å². The average molecular weight is 534 g/mol. The third-order valence-electron chi connectivity index (χ3n) is 3.97. The minimum Gasteiger partial charge on any atom is -0.449 e. The molecule has 0 aromatic carbocycles. The molecule has 2 amide bonds. The number of rotatable bonds is 8. The largest absolute Gasteiger partial charge is 1.00 e. The van der Waals surface area contributed by atoms with Gasteiger partial charge in [-0.05, 0) is 30.8 Å². The number of carbonyl (C=O) groups excluding carboxylic acids is 1. The van der Waals surface area contributed by atoms with Crippen molar-refractivity contribution in [3.05, 3.63) is 44.2 Å². The molecule has 0 aliphatic carbocycles. The number of nitrogens with zero attached hydrogens (tertiary/aromatic N) is 4. The fraction of sp³-hybridized carbons (Fsp3) is 0.389. The molecule has 2 heterocycles. The Balaban J connectivity index is 0.00000544. The van der Waals surface area contributed by atoms with Gasteiger partial charge in [-0.1, -0.05) is 37.9 Å². The first kappa shape index (κ1) is 29.8. The average Bonchev–Trinajstić information content (AvgIpc) is 2.93. The molecule has 33 heavy (non-hydrogen) atoms. The van der Waals surface area contributed by atoms with E-state index in [1.165, 1.54) is 10.8 Å². The van der Waals surface area contributed by atoms with Crippen molar-refractivity contribution in [1.82, 2.24) is 20.1 Å². The van der Waals surface area contributed by atoms with E-state index in [1.807, 2.05) is 6.92 Å². The van der Waals surface area contributed by atoms with Crippen LogP contribution in [-0.2, 0) is 23.2 Å². The second kappa shape index (κ2) is 12.5. The second-order valence-electron chi connectivity index (χ2n) is 6.53. The first-order valence-corrected chi connectivity index (χ1v) is 11.9. The molecule has 2 rings (SSSR count). The Kier molecular flexibility index (Phi) is 11.2. The number of unbranched alkanes of at least 4 members (excludes halogenated alkanes) is 1. The Morgan fingerprint density at radius 1 is 1.39 bits per heavy atom. The number of carbonyl (C=O) groups is 1. The zero-order valence-electron chi connectivity index (χ0n) is 18.3. The minimum atomic E-state index is -4.59. The first-order valence-electron chi connectivity index (χ1n) is 9.22. The molecule has 0 fully saturated rings. The quantitative estimate of drug-likeness (QED) is 0.411. The topological polar surface area (TPSA) is 108 Å². The summed E-state index contributed by atoms with van der Waals surface area (Å²) >= 11 is 6.89. The molecule has 2 aromatic rings. The smallest absolute Gasteiger partial charge is 0.449 e. The number of aryl methyl sites for hydroxylation is 2. The number of alkyl halides is 3. The van der Waals surface area contributed by atoms with Gasteiger partial charge in [0.15, 0.2) is 16.1 Å². The van der Waals surface area contributed by atoms with Crippen molar-refractivity contribution >= 4 is 45.5 Å². The Labute approximate surface area is 221 Å². The predicted octanol–water partition coefficient (Wildman–Crippen LogP) is 2.13. The Bertz CT molecular complexity index is 1120. The van der Waals surface area contributed by atoms with Crippen LogP contribution in [0.1, 0.15) is 36.6 Å². The van der Waals surface area contributed by atoms with Gasteiger partial charge in [0.25, 0.3) is 0 Å². The standard InChI is InChI=1S/C18H21ClF3N5O3S2.Na/c1-4-5-7-23-17(28)26-32(29,30)8-6-13-11(2)25-27(3)16(13)31-15-14(19)9-12(10-24-15)18(20,21)22;/h6,8-10H,4-5,7H2,1-3H3,(H2,23,26,28);/q;+1/p-1/b8-6+;. The molecule has 0 aliphatic heterocycles. The number of hydrogen-bond acceptors (Lipinski definition) is 6. The number of urea groups is 1. The third-order valence-corrected chi connectivity index (χ3v) is 6.46. The summed E-state index contributed by atoms with van der Waals surface area (Å²) in [6.45, 7) is 3.84. The van der Waals surface area contributed by atoms with Crippen molar-refractivity contribution in [3.8, 4) is 0 Å². The number of hydrogen-bond donors (Lipinski definition) is 1. The molecule has 0 aliphatic rings. The van der Waals surface area contributed by atoms with Gasteiger partial charge in [-0.25, -0.2) is 13.4 Å². The van der Waals surface area contributed by atoms with Crippen molar-refractivity contribution in [2.45, 2.75) is 42.9 Å². The van der Waals surface area contributed by atoms with Crippen LogP contribution in [0.2, 0.25) is 5.02 Å². The number of nitrogens with one attached hydrogen (secondary N) is 1. The van der Waals surface area contributed by atoms with Crippen molar-refractivity contribution in [2.24, 2.45) is 7.05 Å². The van der Waals surface area contributed by atoms with E-state index in [-0.39, 0.29) is 39.6 Å². The Morgan fingerprint density at radius 3 is 2.64 bits per heavy atom. The van der Waals surface area contributed by atoms with Crippen molar-refractivity contribution in [3.63, 3.8) is 0 Å². The molecule has 0 saturated heterocycles. The molecule has 176 valence electrons. The van der Waals surface area contributed by atoms with Crippen LogP contribution in [0.15, 0.2) is 27.7 Å². The van der Waals surface area contributed by atoms with Gasteiger partial charge in [0, 0.05) is 24.2 Å². The second-order valence-corrected chi connectivity index (χ2v) is 9.40. The maximum atomic E-state index is 12.8. The summed E-state index contributed by atoms with van der Waals surface area (Å²) in [6.07, 6.45) is -1.20. The molecule has 0 atom stereocenters. The zero-order valence-corrected chi connectivity index (χ0v) is 22.7. The number of sulfonamides is 1. The fourth-order valence-electron chi connectivity index (χ4n) is 2.42. The van der Waals surface area contributed by atoms with Gasteiger partial charge in [0.05, 0.1) is 16.3 Å². The maximum Gasteiger partial charge on any atom is 1.00 e. The molecule has 0 saturated carbocycles. The van der Waals surface area contributed by atoms with Crippen molar-refractivity contribution < 1.29 is 55.9 Å². The molecule has 8 nitrogen and oxygen atoms in total. The number of halogens is 4. The Morgan fingerprint density at radius 2 is 2.06 bits per heavy atom. The van der Waals surface area contributed by atoms with Crippen LogP contribution in [0.4, 0.5) is 18.0 Å². The van der Waals surface area contributed by atoms with Crippen molar-refractivity contribution in [2.75, 3.05) is 6.54 Å². The predicted molar refractivity (Wildman–Crippen MR) is 116 cm³/mol. The zero-order chi connectivity index (χ0) is 24.1. The molecule has 0 unspecified atom stereocenters. The maximum absolute atomic E-state index is 12.8. The van der Waals surface area contributed by atoms with Gasteiger partial charge in [0.2, 0.25) is 0 Å². The van der Waals surface area contributed by atoms with Crippen LogP contribution in [0.5, 0.6) is 0 Å². The summed E-state index contributed by atoms with van der Waals surface area (Å²) in [7, 11) is -2.65. The molecular weight excluding hydrogens is 514 g/mol. The minimum absolute atomic E-state index is 0. The van der Waals surface area contributed by atoms with E-state index in [4.69, 9.17) is 11.6 Å². The van der Waals surface area contributed by atoms with E-state index in [0.717, 1.165) is 29.7 Å². The van der Waals surface area contributed by atoms with E-state index >= 15 is 0 Å². The SMILES string of the molecule is CCCCNC(=O)[N-]S(=O)(=O)/C=C/c1c(C)nn(C)c1Sc1ncc(C(F)(F)F)cc1Cl.[Na+]. The van der Waals surface area contributed by atoms with Gasteiger partial charge in [-0.3, -0.25) is 9.48 Å². The molecule has 0 spiro atoms. The van der Waals surface area contributed by atoms with E-state index in [1.54, 1.807) is 14.0 Å². The monoisotopic (exact) mass is 533 g/mol. The summed E-state index contributed by atoms with van der Waals surface area (Å²) in [5.74, 6) is 0. The van der Waals surface area contributed by atoms with Crippen LogP contribution in [0.25, 0.3) is 10.8 Å². The number of aromatic nitrogens is 3. The molecule has 0 radical (unpaired) electrons. The van der Waals surface area contributed by atoms with E-state index < -0.39 is 27.8 Å². The van der Waals surface area contributed by atoms with Gasteiger partial charge < -0.3 is 10.0 Å². The summed E-state index contributed by atoms with van der Waals surface area (Å²) in [5, 5.41) is 7.57. The van der Waals surface area contributed by atoms with Crippen molar-refractivity contribution in [1.29, 1.82) is 0 Å². The summed E-state index contributed by atoms with van der Waals surface area (Å²) < 4.78 is 67.3. The normalized spacial score (nSPS) is 12.0. The summed E-state index contributed by atoms with van der Waals surface area (Å²) in [5.41, 5.74) is -0.185. The van der Waals surface area contributed by atoms with Gasteiger partial charge in [-0.2, -0.15) is 18.3 Å². The number of pyridine rings is 1. The molecule has 0 bridgehead atoms. The van der Waals surface area contributed by atoms with Crippen LogP contribution in [0.3, 0.4) is 0 Å². The van der Waals surface area contributed by atoms with E-state index in [9.17, 15) is 26.4 Å². The number of amides is 2. The van der Waals surface area contributed by atoms with E-state index in [0.29, 0.717) is 35.4 Å². The van der Waals surface area contributed by atoms with Crippen LogP contribution < -0.4 is 34.9 Å². The van der Waals surface area contributed by atoms with Gasteiger partial charge in [0.1, 0.15) is 10.1 Å². The molecule has 1 N–H and O–H groups in total.